The highest BCUT2D eigenvalue weighted by molar-refractivity contribution is 5.89. The van der Waals surface area contributed by atoms with Crippen LogP contribution >= 0.6 is 0 Å². The standard InChI is InChI=1S/C10H12N4/c11-7-3-1-4-8-9(7)14-6-2-5-12-10(14)13-8/h1,3-4H,2,5-6,11H2,(H,12,13). The van der Waals surface area contributed by atoms with Crippen molar-refractivity contribution in [1.82, 2.24) is 9.55 Å². The average Bonchev–Trinajstić information content (AvgIpc) is 2.57. The van der Waals surface area contributed by atoms with Crippen LogP contribution in [0.15, 0.2) is 18.2 Å². The predicted molar refractivity (Wildman–Crippen MR) is 57.3 cm³/mol. The van der Waals surface area contributed by atoms with E-state index in [9.17, 15) is 0 Å². The van der Waals surface area contributed by atoms with Crippen molar-refractivity contribution in [1.29, 1.82) is 0 Å². The number of aryl methyl sites for hydroxylation is 1. The number of nitrogen functional groups attached to an aromatic ring is 1. The SMILES string of the molecule is Nc1cccc2nc3n(c12)CCCN3. The summed E-state index contributed by atoms with van der Waals surface area (Å²) in [5, 5.41) is 3.28. The highest BCUT2D eigenvalue weighted by atomic mass is 15.2. The molecule has 1 aromatic heterocycles. The number of fused-ring (bicyclic) bond motifs is 3. The van der Waals surface area contributed by atoms with Crippen molar-refractivity contribution in [2.75, 3.05) is 17.6 Å². The van der Waals surface area contributed by atoms with Crippen molar-refractivity contribution in [3.05, 3.63) is 18.2 Å². The van der Waals surface area contributed by atoms with E-state index in [-0.39, 0.29) is 0 Å². The zero-order chi connectivity index (χ0) is 9.54. The zero-order valence-corrected chi connectivity index (χ0v) is 7.83. The van der Waals surface area contributed by atoms with Crippen LogP contribution in [-0.2, 0) is 6.54 Å². The number of nitrogens with two attached hydrogens (primary N) is 1. The molecule has 3 N–H and O–H groups in total. The Morgan fingerprint density at radius 2 is 2.36 bits per heavy atom. The van der Waals surface area contributed by atoms with Crippen LogP contribution in [0, 0.1) is 0 Å². The molecule has 0 atom stereocenters. The molecule has 0 saturated heterocycles. The lowest BCUT2D eigenvalue weighted by Gasteiger charge is -2.16. The molecule has 4 heteroatoms. The van der Waals surface area contributed by atoms with Crippen LogP contribution < -0.4 is 11.1 Å². The summed E-state index contributed by atoms with van der Waals surface area (Å²) in [7, 11) is 0. The maximum Gasteiger partial charge on any atom is 0.203 e. The number of anilines is 2. The van der Waals surface area contributed by atoms with Gasteiger partial charge in [-0.3, -0.25) is 0 Å². The predicted octanol–water partition coefficient (Wildman–Crippen LogP) is 1.43. The first-order valence-corrected chi connectivity index (χ1v) is 4.85. The van der Waals surface area contributed by atoms with Gasteiger partial charge >= 0.3 is 0 Å². The number of nitrogens with zero attached hydrogens (tertiary/aromatic N) is 2. The first-order valence-electron chi connectivity index (χ1n) is 4.85. The molecule has 3 rings (SSSR count). The Morgan fingerprint density at radius 1 is 1.43 bits per heavy atom. The third-order valence-electron chi connectivity index (χ3n) is 2.64. The van der Waals surface area contributed by atoms with Gasteiger partial charge in [-0.05, 0) is 18.6 Å². The largest absolute Gasteiger partial charge is 0.397 e. The fourth-order valence-corrected chi connectivity index (χ4v) is 2.00. The molecule has 0 aliphatic carbocycles. The molecule has 0 spiro atoms. The van der Waals surface area contributed by atoms with Crippen LogP contribution in [0.25, 0.3) is 11.0 Å². The molecule has 72 valence electrons. The second kappa shape index (κ2) is 2.64. The molecule has 1 aliphatic rings. The molecular formula is C10H12N4. The van der Waals surface area contributed by atoms with Gasteiger partial charge in [0.05, 0.1) is 16.7 Å². The second-order valence-electron chi connectivity index (χ2n) is 3.58. The van der Waals surface area contributed by atoms with Crippen molar-refractivity contribution in [2.24, 2.45) is 0 Å². The number of para-hydroxylation sites is 1. The van der Waals surface area contributed by atoms with E-state index < -0.39 is 0 Å². The summed E-state index contributed by atoms with van der Waals surface area (Å²) in [6, 6.07) is 5.86. The zero-order valence-electron chi connectivity index (χ0n) is 7.83. The first-order chi connectivity index (χ1) is 6.86. The van der Waals surface area contributed by atoms with Gasteiger partial charge in [-0.15, -0.1) is 0 Å². The van der Waals surface area contributed by atoms with E-state index in [0.717, 1.165) is 42.2 Å². The molecular weight excluding hydrogens is 176 g/mol. The van der Waals surface area contributed by atoms with E-state index >= 15 is 0 Å². The summed E-state index contributed by atoms with van der Waals surface area (Å²) in [4.78, 5) is 4.49. The Hall–Kier alpha value is -1.71. The molecule has 14 heavy (non-hydrogen) atoms. The quantitative estimate of drug-likeness (QED) is 0.615. The van der Waals surface area contributed by atoms with Crippen LogP contribution in [0.4, 0.5) is 11.6 Å². The van der Waals surface area contributed by atoms with Gasteiger partial charge in [0.1, 0.15) is 0 Å². The van der Waals surface area contributed by atoms with Crippen LogP contribution in [0.1, 0.15) is 6.42 Å². The van der Waals surface area contributed by atoms with E-state index in [0.29, 0.717) is 0 Å². The number of hydrogen-bond donors (Lipinski definition) is 2. The number of rotatable bonds is 0. The van der Waals surface area contributed by atoms with Crippen LogP contribution in [0.5, 0.6) is 0 Å². The molecule has 0 bridgehead atoms. The highest BCUT2D eigenvalue weighted by Gasteiger charge is 2.14. The molecule has 0 radical (unpaired) electrons. The van der Waals surface area contributed by atoms with E-state index in [1.165, 1.54) is 0 Å². The van der Waals surface area contributed by atoms with Gasteiger partial charge in [-0.2, -0.15) is 0 Å². The summed E-state index contributed by atoms with van der Waals surface area (Å²) in [5.41, 5.74) is 8.79. The molecule has 2 heterocycles. The first kappa shape index (κ1) is 7.67. The maximum atomic E-state index is 5.94. The smallest absolute Gasteiger partial charge is 0.203 e. The summed E-state index contributed by atoms with van der Waals surface area (Å²) in [6.45, 7) is 2.01. The number of aromatic nitrogens is 2. The molecule has 0 saturated carbocycles. The Kier molecular flexibility index (Phi) is 1.45. The van der Waals surface area contributed by atoms with Crippen molar-refractivity contribution in [3.8, 4) is 0 Å². The molecule has 1 aliphatic heterocycles. The van der Waals surface area contributed by atoms with Gasteiger partial charge in [0.25, 0.3) is 0 Å². The van der Waals surface area contributed by atoms with Crippen molar-refractivity contribution in [2.45, 2.75) is 13.0 Å². The Morgan fingerprint density at radius 3 is 3.29 bits per heavy atom. The lowest BCUT2D eigenvalue weighted by Crippen LogP contribution is -2.17. The van der Waals surface area contributed by atoms with Crippen molar-refractivity contribution >= 4 is 22.7 Å². The summed E-state index contributed by atoms with van der Waals surface area (Å²) in [5.74, 6) is 0.948. The molecule has 0 fully saturated rings. The van der Waals surface area contributed by atoms with Gasteiger partial charge in [0.2, 0.25) is 5.95 Å². The molecule has 0 unspecified atom stereocenters. The van der Waals surface area contributed by atoms with Crippen LogP contribution in [0.2, 0.25) is 0 Å². The lowest BCUT2D eigenvalue weighted by atomic mass is 10.2. The van der Waals surface area contributed by atoms with Crippen molar-refractivity contribution in [3.63, 3.8) is 0 Å². The van der Waals surface area contributed by atoms with Crippen LogP contribution in [0.3, 0.4) is 0 Å². The third-order valence-corrected chi connectivity index (χ3v) is 2.64. The third kappa shape index (κ3) is 0.907. The fourth-order valence-electron chi connectivity index (χ4n) is 2.00. The Labute approximate surface area is 81.7 Å². The summed E-state index contributed by atoms with van der Waals surface area (Å²) < 4.78 is 2.16. The second-order valence-corrected chi connectivity index (χ2v) is 3.58. The maximum absolute atomic E-state index is 5.94. The van der Waals surface area contributed by atoms with Gasteiger partial charge in [-0.25, -0.2) is 4.98 Å². The lowest BCUT2D eigenvalue weighted by molar-refractivity contribution is 0.642. The number of imidazole rings is 1. The molecule has 4 nitrogen and oxygen atoms in total. The normalized spacial score (nSPS) is 15.1. The Bertz CT molecular complexity index is 486. The van der Waals surface area contributed by atoms with Gasteiger partial charge < -0.3 is 15.6 Å². The minimum atomic E-state index is 0.810. The minimum Gasteiger partial charge on any atom is -0.397 e. The molecule has 2 aromatic rings. The summed E-state index contributed by atoms with van der Waals surface area (Å²) in [6.07, 6.45) is 1.13. The van der Waals surface area contributed by atoms with Gasteiger partial charge in [0, 0.05) is 13.1 Å². The molecule has 1 aromatic carbocycles. The minimum absolute atomic E-state index is 0.810. The topological polar surface area (TPSA) is 55.9 Å². The van der Waals surface area contributed by atoms with E-state index in [2.05, 4.69) is 14.9 Å². The van der Waals surface area contributed by atoms with Crippen LogP contribution in [-0.4, -0.2) is 16.1 Å². The highest BCUT2D eigenvalue weighted by Crippen LogP contribution is 2.26. The van der Waals surface area contributed by atoms with Gasteiger partial charge in [0.15, 0.2) is 0 Å². The summed E-state index contributed by atoms with van der Waals surface area (Å²) >= 11 is 0. The number of nitrogens with one attached hydrogen (secondary N) is 1. The number of hydrogen-bond acceptors (Lipinski definition) is 3. The monoisotopic (exact) mass is 188 g/mol. The van der Waals surface area contributed by atoms with E-state index in [1.807, 2.05) is 18.2 Å². The fraction of sp³-hybridized carbons (Fsp3) is 0.300. The van der Waals surface area contributed by atoms with Gasteiger partial charge in [-0.1, -0.05) is 6.07 Å². The number of benzene rings is 1. The van der Waals surface area contributed by atoms with Crippen molar-refractivity contribution < 1.29 is 0 Å². The average molecular weight is 188 g/mol. The van der Waals surface area contributed by atoms with E-state index in [4.69, 9.17) is 5.73 Å². The Balaban J connectivity index is 2.38. The molecule has 0 amide bonds. The van der Waals surface area contributed by atoms with E-state index in [1.54, 1.807) is 0 Å².